The van der Waals surface area contributed by atoms with Crippen molar-refractivity contribution in [2.75, 3.05) is 33.8 Å². The normalized spacial score (nSPS) is 13.6. The van der Waals surface area contributed by atoms with E-state index in [9.17, 15) is 9.69 Å². The molecule has 1 unspecified atom stereocenters. The van der Waals surface area contributed by atoms with Crippen LogP contribution in [0, 0.1) is 0 Å². The molecule has 0 aromatic carbocycles. The summed E-state index contributed by atoms with van der Waals surface area (Å²) in [5, 5.41) is 0. The third-order valence-electron chi connectivity index (χ3n) is 2.87. The second-order valence-electron chi connectivity index (χ2n) is 6.09. The van der Waals surface area contributed by atoms with Crippen LogP contribution in [-0.2, 0) is 4.79 Å². The van der Waals surface area contributed by atoms with E-state index < -0.39 is 8.15 Å². The quantitative estimate of drug-likeness (QED) is 0.357. The first-order valence-corrected chi connectivity index (χ1v) is 8.64. The number of likely N-dealkylation sites (N-methyl/N-ethyl adjacent to an activating group) is 1. The molecular weight excluding hydrogens is 245 g/mol. The van der Waals surface area contributed by atoms with Crippen molar-refractivity contribution in [1.29, 1.82) is 0 Å². The van der Waals surface area contributed by atoms with Crippen LogP contribution in [0.5, 0.6) is 0 Å². The fourth-order valence-electron chi connectivity index (χ4n) is 1.83. The van der Waals surface area contributed by atoms with Crippen molar-refractivity contribution in [3.05, 3.63) is 0 Å². The molecule has 0 fully saturated rings. The molecule has 0 heterocycles. The Labute approximate surface area is 114 Å². The van der Waals surface area contributed by atoms with Gasteiger partial charge < -0.3 is 9.38 Å². The maximum Gasteiger partial charge on any atom is 0.234 e. The van der Waals surface area contributed by atoms with E-state index in [2.05, 4.69) is 6.92 Å². The Morgan fingerprint density at radius 3 is 2.00 bits per heavy atom. The molecule has 0 bridgehead atoms. The van der Waals surface area contributed by atoms with Crippen molar-refractivity contribution in [1.82, 2.24) is 0 Å². The predicted octanol–water partition coefficient (Wildman–Crippen LogP) is 3.36. The van der Waals surface area contributed by atoms with Crippen molar-refractivity contribution >= 4 is 13.7 Å². The number of quaternary nitrogens is 1. The molecule has 0 amide bonds. The standard InChI is InChI=1S/C14H31NO2P/c1-5-6-7-8-9-10-11-12-18(17)14(16)13-15(2,3)4/h17H,5-13H2,1-4H3/q+1. The lowest BCUT2D eigenvalue weighted by Crippen LogP contribution is -2.39. The average molecular weight is 276 g/mol. The molecule has 0 aliphatic carbocycles. The number of carbonyl (C=O) groups excluding carboxylic acids is 1. The van der Waals surface area contributed by atoms with Gasteiger partial charge in [0.25, 0.3) is 0 Å². The highest BCUT2D eigenvalue weighted by atomic mass is 31.1. The number of carbonyl (C=O) groups is 1. The summed E-state index contributed by atoms with van der Waals surface area (Å²) < 4.78 is 0.606. The molecule has 0 aliphatic rings. The number of rotatable bonds is 11. The molecular formula is C14H31NO2P+. The van der Waals surface area contributed by atoms with Crippen LogP contribution in [0.2, 0.25) is 0 Å². The maximum absolute atomic E-state index is 11.7. The van der Waals surface area contributed by atoms with E-state index in [1.807, 2.05) is 21.1 Å². The summed E-state index contributed by atoms with van der Waals surface area (Å²) in [4.78, 5) is 21.6. The molecule has 0 aromatic rings. The predicted molar refractivity (Wildman–Crippen MR) is 79.9 cm³/mol. The molecule has 0 aliphatic heterocycles. The Balaban J connectivity index is 3.52. The Kier molecular flexibility index (Phi) is 9.90. The monoisotopic (exact) mass is 276 g/mol. The highest BCUT2D eigenvalue weighted by Crippen LogP contribution is 2.33. The van der Waals surface area contributed by atoms with Crippen LogP contribution in [0.25, 0.3) is 0 Å². The number of unbranched alkanes of at least 4 members (excludes halogenated alkanes) is 6. The van der Waals surface area contributed by atoms with Gasteiger partial charge in [0.1, 0.15) is 14.7 Å². The second kappa shape index (κ2) is 9.89. The van der Waals surface area contributed by atoms with Crippen LogP contribution < -0.4 is 0 Å². The van der Waals surface area contributed by atoms with Gasteiger partial charge in [-0.2, -0.15) is 0 Å². The van der Waals surface area contributed by atoms with Crippen LogP contribution in [-0.4, -0.2) is 48.8 Å². The SMILES string of the molecule is CCCCCCCCCP(O)C(=O)C[N+](C)(C)C. The van der Waals surface area contributed by atoms with E-state index in [0.29, 0.717) is 17.2 Å². The summed E-state index contributed by atoms with van der Waals surface area (Å²) in [7, 11) is 4.55. The van der Waals surface area contributed by atoms with Gasteiger partial charge >= 0.3 is 0 Å². The van der Waals surface area contributed by atoms with Gasteiger partial charge in [0.05, 0.1) is 21.1 Å². The summed E-state index contributed by atoms with van der Waals surface area (Å²) in [5.74, 6) is 0. The second-order valence-corrected chi connectivity index (χ2v) is 7.83. The van der Waals surface area contributed by atoms with Crippen molar-refractivity contribution in [3.8, 4) is 0 Å². The van der Waals surface area contributed by atoms with Gasteiger partial charge in [-0.15, -0.1) is 0 Å². The zero-order valence-corrected chi connectivity index (χ0v) is 13.5. The van der Waals surface area contributed by atoms with Gasteiger partial charge in [0, 0.05) is 0 Å². The fourth-order valence-corrected chi connectivity index (χ4v) is 3.19. The topological polar surface area (TPSA) is 37.3 Å². The number of hydrogen-bond donors (Lipinski definition) is 1. The Bertz CT molecular complexity index is 226. The molecule has 0 radical (unpaired) electrons. The maximum atomic E-state index is 11.7. The van der Waals surface area contributed by atoms with Crippen molar-refractivity contribution in [3.63, 3.8) is 0 Å². The number of hydrogen-bond acceptors (Lipinski definition) is 2. The molecule has 1 atom stereocenters. The van der Waals surface area contributed by atoms with E-state index in [1.165, 1.54) is 32.1 Å². The minimum Gasteiger partial charge on any atom is -0.366 e. The molecule has 0 saturated carbocycles. The summed E-state index contributed by atoms with van der Waals surface area (Å²) in [6, 6.07) is 0. The number of nitrogens with zero attached hydrogens (tertiary/aromatic N) is 1. The van der Waals surface area contributed by atoms with Crippen molar-refractivity contribution in [2.24, 2.45) is 0 Å². The van der Waals surface area contributed by atoms with Gasteiger partial charge in [0.15, 0.2) is 0 Å². The zero-order chi connectivity index (χ0) is 14.0. The minimum atomic E-state index is -1.39. The minimum absolute atomic E-state index is 0.0449. The smallest absolute Gasteiger partial charge is 0.234 e. The van der Waals surface area contributed by atoms with Crippen LogP contribution in [0.4, 0.5) is 0 Å². The molecule has 0 spiro atoms. The molecule has 0 aromatic heterocycles. The lowest BCUT2D eigenvalue weighted by Gasteiger charge is -2.23. The van der Waals surface area contributed by atoms with Crippen LogP contribution in [0.3, 0.4) is 0 Å². The van der Waals surface area contributed by atoms with Crippen LogP contribution >= 0.6 is 8.15 Å². The molecule has 1 N–H and O–H groups in total. The van der Waals surface area contributed by atoms with Gasteiger partial charge in [-0.1, -0.05) is 45.4 Å². The van der Waals surface area contributed by atoms with Crippen LogP contribution in [0.1, 0.15) is 51.9 Å². The van der Waals surface area contributed by atoms with Gasteiger partial charge in [-0.25, -0.2) is 0 Å². The lowest BCUT2D eigenvalue weighted by molar-refractivity contribution is -0.861. The molecule has 18 heavy (non-hydrogen) atoms. The largest absolute Gasteiger partial charge is 0.366 e. The highest BCUT2D eigenvalue weighted by molar-refractivity contribution is 7.69. The first-order valence-electron chi connectivity index (χ1n) is 7.16. The Morgan fingerprint density at radius 1 is 1.00 bits per heavy atom. The van der Waals surface area contributed by atoms with Gasteiger partial charge in [-0.05, 0) is 12.6 Å². The van der Waals surface area contributed by atoms with Crippen molar-refractivity contribution in [2.45, 2.75) is 51.9 Å². The fraction of sp³-hybridized carbons (Fsp3) is 0.929. The molecule has 4 heteroatoms. The average Bonchev–Trinajstić information content (AvgIpc) is 2.25. The van der Waals surface area contributed by atoms with E-state index in [4.69, 9.17) is 0 Å². The molecule has 108 valence electrons. The highest BCUT2D eigenvalue weighted by Gasteiger charge is 2.21. The third-order valence-corrected chi connectivity index (χ3v) is 4.33. The summed E-state index contributed by atoms with van der Waals surface area (Å²) in [6.07, 6.45) is 9.32. The molecule has 0 rings (SSSR count). The lowest BCUT2D eigenvalue weighted by atomic mass is 10.1. The van der Waals surface area contributed by atoms with E-state index in [0.717, 1.165) is 12.8 Å². The first kappa shape index (κ1) is 18.0. The molecule has 0 saturated heterocycles. The van der Waals surface area contributed by atoms with Crippen LogP contribution in [0.15, 0.2) is 0 Å². The third kappa shape index (κ3) is 11.1. The summed E-state index contributed by atoms with van der Waals surface area (Å²) >= 11 is 0. The Hall–Kier alpha value is 0.0200. The van der Waals surface area contributed by atoms with Gasteiger partial charge in [-0.3, -0.25) is 4.79 Å². The zero-order valence-electron chi connectivity index (χ0n) is 12.6. The van der Waals surface area contributed by atoms with E-state index in [-0.39, 0.29) is 5.52 Å². The van der Waals surface area contributed by atoms with Gasteiger partial charge in [0.2, 0.25) is 5.52 Å². The summed E-state index contributed by atoms with van der Waals surface area (Å²) in [5.41, 5.74) is 0.0449. The first-order chi connectivity index (χ1) is 8.37. The summed E-state index contributed by atoms with van der Waals surface area (Å²) in [6.45, 7) is 2.66. The molecule has 3 nitrogen and oxygen atoms in total. The van der Waals surface area contributed by atoms with Crippen molar-refractivity contribution < 1.29 is 14.2 Å². The Morgan fingerprint density at radius 2 is 1.50 bits per heavy atom. The van der Waals surface area contributed by atoms with E-state index in [1.54, 1.807) is 0 Å². The van der Waals surface area contributed by atoms with E-state index >= 15 is 0 Å².